The predicted molar refractivity (Wildman–Crippen MR) is 32.1 cm³/mol. The summed E-state index contributed by atoms with van der Waals surface area (Å²) in [6.07, 6.45) is -0.560. The zero-order valence-corrected chi connectivity index (χ0v) is 5.53. The normalized spacial score (nSPS) is 11.1. The fourth-order valence-corrected chi connectivity index (χ4v) is 0. The molecule has 0 saturated heterocycles. The van der Waals surface area contributed by atoms with Gasteiger partial charge in [0.2, 0.25) is 0 Å². The van der Waals surface area contributed by atoms with Gasteiger partial charge in [0.15, 0.2) is 0 Å². The fraction of sp³-hybridized carbons (Fsp3) is 0.800. The van der Waals surface area contributed by atoms with E-state index in [9.17, 15) is 0 Å². The standard InChI is InChI=1S/C3H8O2.C2H4O2/c1-3(5)2-4;1-2(3)4/h3-5H,2H2,1H3;1H3,(H,3,4). The maximum absolute atomic E-state index is 9.00. The number of carboxylic acids is 1. The highest BCUT2D eigenvalue weighted by molar-refractivity contribution is 5.62. The van der Waals surface area contributed by atoms with Crippen molar-refractivity contribution in [3.63, 3.8) is 0 Å². The molecule has 0 heterocycles. The number of aliphatic hydroxyl groups excluding tert-OH is 2. The lowest BCUT2D eigenvalue weighted by molar-refractivity contribution is -0.134. The summed E-state index contributed by atoms with van der Waals surface area (Å²) < 4.78 is 0. The molecule has 0 rings (SSSR count). The number of carbonyl (C=O) groups is 1. The molecule has 4 nitrogen and oxygen atoms in total. The molecule has 9 heavy (non-hydrogen) atoms. The molecule has 0 fully saturated rings. The molecule has 3 N–H and O–H groups in total. The molecule has 0 aromatic heterocycles. The van der Waals surface area contributed by atoms with Crippen LogP contribution in [-0.2, 0) is 4.79 Å². The molecule has 1 unspecified atom stereocenters. The third-order valence-electron chi connectivity index (χ3n) is 0.264. The number of aliphatic carboxylic acids is 1. The van der Waals surface area contributed by atoms with Crippen LogP contribution in [0.3, 0.4) is 0 Å². The van der Waals surface area contributed by atoms with Gasteiger partial charge < -0.3 is 15.3 Å². The van der Waals surface area contributed by atoms with Crippen molar-refractivity contribution < 1.29 is 20.1 Å². The maximum atomic E-state index is 9.00. The predicted octanol–water partition coefficient (Wildman–Crippen LogP) is -0.550. The lowest BCUT2D eigenvalue weighted by Gasteiger charge is -1.90. The smallest absolute Gasteiger partial charge is 0.300 e. The molecule has 0 saturated carbocycles. The van der Waals surface area contributed by atoms with E-state index in [-0.39, 0.29) is 6.61 Å². The Morgan fingerprint density at radius 1 is 1.67 bits per heavy atom. The van der Waals surface area contributed by atoms with Gasteiger partial charge in [0.25, 0.3) is 5.97 Å². The van der Waals surface area contributed by atoms with Crippen molar-refractivity contribution in [1.29, 1.82) is 0 Å². The van der Waals surface area contributed by atoms with Crippen LogP contribution in [-0.4, -0.2) is 34.0 Å². The fourth-order valence-electron chi connectivity index (χ4n) is 0. The van der Waals surface area contributed by atoms with E-state index in [1.54, 1.807) is 0 Å². The van der Waals surface area contributed by atoms with Crippen LogP contribution in [0.5, 0.6) is 0 Å². The summed E-state index contributed by atoms with van der Waals surface area (Å²) >= 11 is 0. The molecule has 0 aliphatic carbocycles. The Balaban J connectivity index is 0. The monoisotopic (exact) mass is 136 g/mol. The van der Waals surface area contributed by atoms with Crippen LogP contribution in [0.2, 0.25) is 0 Å². The Morgan fingerprint density at radius 2 is 1.78 bits per heavy atom. The minimum Gasteiger partial charge on any atom is -0.481 e. The van der Waals surface area contributed by atoms with Crippen molar-refractivity contribution in [2.75, 3.05) is 6.61 Å². The molecule has 0 aliphatic heterocycles. The summed E-state index contributed by atoms with van der Waals surface area (Å²) in [4.78, 5) is 9.00. The van der Waals surface area contributed by atoms with E-state index >= 15 is 0 Å². The molecule has 0 amide bonds. The summed E-state index contributed by atoms with van der Waals surface area (Å²) in [5.74, 6) is -0.833. The van der Waals surface area contributed by atoms with Crippen molar-refractivity contribution in [1.82, 2.24) is 0 Å². The molecule has 0 bridgehead atoms. The third-order valence-corrected chi connectivity index (χ3v) is 0.264. The Labute approximate surface area is 53.7 Å². The van der Waals surface area contributed by atoms with E-state index in [1.165, 1.54) is 6.92 Å². The minimum absolute atomic E-state index is 0.139. The van der Waals surface area contributed by atoms with Gasteiger partial charge in [-0.2, -0.15) is 0 Å². The van der Waals surface area contributed by atoms with E-state index in [0.717, 1.165) is 6.92 Å². The highest BCUT2D eigenvalue weighted by Crippen LogP contribution is 1.68. The Kier molecular flexibility index (Phi) is 9.21. The molecular formula is C5H12O4. The van der Waals surface area contributed by atoms with Crippen LogP contribution in [0.1, 0.15) is 13.8 Å². The second kappa shape index (κ2) is 7.39. The summed E-state index contributed by atoms with van der Waals surface area (Å²) in [6, 6.07) is 0. The SMILES string of the molecule is CC(=O)O.CC(O)CO. The van der Waals surface area contributed by atoms with Crippen molar-refractivity contribution in [3.8, 4) is 0 Å². The first-order valence-corrected chi connectivity index (χ1v) is 2.49. The van der Waals surface area contributed by atoms with Crippen LogP contribution >= 0.6 is 0 Å². The first kappa shape index (κ1) is 11.2. The van der Waals surface area contributed by atoms with Gasteiger partial charge in [-0.1, -0.05) is 0 Å². The van der Waals surface area contributed by atoms with E-state index in [2.05, 4.69) is 0 Å². The second-order valence-electron chi connectivity index (χ2n) is 1.55. The second-order valence-corrected chi connectivity index (χ2v) is 1.55. The van der Waals surface area contributed by atoms with Gasteiger partial charge >= 0.3 is 0 Å². The maximum Gasteiger partial charge on any atom is 0.300 e. The molecule has 0 aromatic carbocycles. The van der Waals surface area contributed by atoms with Gasteiger partial charge in [-0.25, -0.2) is 0 Å². The van der Waals surface area contributed by atoms with Gasteiger partial charge in [0, 0.05) is 6.92 Å². The molecule has 0 radical (unpaired) electrons. The van der Waals surface area contributed by atoms with Gasteiger partial charge in [-0.05, 0) is 6.92 Å². The quantitative estimate of drug-likeness (QED) is 0.452. The first-order chi connectivity index (χ1) is 4.00. The van der Waals surface area contributed by atoms with Gasteiger partial charge in [0.05, 0.1) is 12.7 Å². The Bertz CT molecular complexity index is 65.4. The molecular weight excluding hydrogens is 124 g/mol. The number of hydrogen-bond donors (Lipinski definition) is 3. The van der Waals surface area contributed by atoms with Gasteiger partial charge in [-0.15, -0.1) is 0 Å². The number of carboxylic acid groups (broad SMARTS) is 1. The molecule has 1 atom stereocenters. The molecule has 56 valence electrons. The lowest BCUT2D eigenvalue weighted by atomic mass is 10.5. The van der Waals surface area contributed by atoms with Crippen LogP contribution < -0.4 is 0 Å². The molecule has 0 aliphatic rings. The summed E-state index contributed by atoms with van der Waals surface area (Å²) in [6.45, 7) is 2.47. The topological polar surface area (TPSA) is 77.8 Å². The summed E-state index contributed by atoms with van der Waals surface area (Å²) in [7, 11) is 0. The zero-order valence-electron chi connectivity index (χ0n) is 5.53. The van der Waals surface area contributed by atoms with Crippen molar-refractivity contribution in [2.45, 2.75) is 20.0 Å². The van der Waals surface area contributed by atoms with Crippen LogP contribution in [0.15, 0.2) is 0 Å². The van der Waals surface area contributed by atoms with E-state index in [0.29, 0.717) is 0 Å². The molecule has 0 aromatic rings. The first-order valence-electron chi connectivity index (χ1n) is 2.49. The van der Waals surface area contributed by atoms with E-state index < -0.39 is 12.1 Å². The Hall–Kier alpha value is -0.610. The number of aliphatic hydroxyl groups is 2. The summed E-state index contributed by atoms with van der Waals surface area (Å²) in [5, 5.41) is 23.4. The minimum atomic E-state index is -0.833. The van der Waals surface area contributed by atoms with Crippen molar-refractivity contribution in [3.05, 3.63) is 0 Å². The van der Waals surface area contributed by atoms with E-state index in [1.807, 2.05) is 0 Å². The van der Waals surface area contributed by atoms with E-state index in [4.69, 9.17) is 20.1 Å². The van der Waals surface area contributed by atoms with Gasteiger partial charge in [-0.3, -0.25) is 4.79 Å². The van der Waals surface area contributed by atoms with Crippen LogP contribution in [0.25, 0.3) is 0 Å². The number of hydrogen-bond acceptors (Lipinski definition) is 3. The van der Waals surface area contributed by atoms with Crippen LogP contribution in [0.4, 0.5) is 0 Å². The Morgan fingerprint density at radius 3 is 1.78 bits per heavy atom. The third kappa shape index (κ3) is 111. The van der Waals surface area contributed by atoms with Crippen molar-refractivity contribution in [2.24, 2.45) is 0 Å². The zero-order chi connectivity index (χ0) is 7.86. The molecule has 0 spiro atoms. The number of rotatable bonds is 1. The average Bonchev–Trinajstić information content (AvgIpc) is 1.65. The lowest BCUT2D eigenvalue weighted by Crippen LogP contribution is -2.03. The van der Waals surface area contributed by atoms with Gasteiger partial charge in [0.1, 0.15) is 0 Å². The largest absolute Gasteiger partial charge is 0.481 e. The van der Waals surface area contributed by atoms with Crippen LogP contribution in [0, 0.1) is 0 Å². The molecule has 4 heteroatoms. The summed E-state index contributed by atoms with van der Waals surface area (Å²) in [5.41, 5.74) is 0. The highest BCUT2D eigenvalue weighted by atomic mass is 16.4. The van der Waals surface area contributed by atoms with Crippen molar-refractivity contribution >= 4 is 5.97 Å². The average molecular weight is 136 g/mol. The highest BCUT2D eigenvalue weighted by Gasteiger charge is 1.83.